The van der Waals surface area contributed by atoms with Gasteiger partial charge in [0.2, 0.25) is 5.91 Å². The van der Waals surface area contributed by atoms with Gasteiger partial charge in [-0.2, -0.15) is 0 Å². The number of hydrogen-bond donors (Lipinski definition) is 0. The van der Waals surface area contributed by atoms with Crippen molar-refractivity contribution in [3.8, 4) is 0 Å². The van der Waals surface area contributed by atoms with E-state index < -0.39 is 15.7 Å². The molecule has 0 spiro atoms. The highest BCUT2D eigenvalue weighted by molar-refractivity contribution is 7.91. The number of carbonyl (C=O) groups is 1. The molecule has 0 aliphatic carbocycles. The maximum Gasteiger partial charge on any atom is 0.222 e. The van der Waals surface area contributed by atoms with Gasteiger partial charge in [0.05, 0.1) is 10.3 Å². The van der Waals surface area contributed by atoms with Crippen LogP contribution in [0.5, 0.6) is 0 Å². The minimum absolute atomic E-state index is 0.0256. The number of rotatable bonds is 4. The normalized spacial score (nSPS) is 16.8. The molecule has 1 amide bonds. The molecule has 1 saturated heterocycles. The van der Waals surface area contributed by atoms with Crippen molar-refractivity contribution < 1.29 is 17.6 Å². The SMILES string of the molecule is CS(=O)(=O)C1CCN(C(=O)CCc2ccc(Cl)c(F)c2)CC1. The number of piperidine rings is 1. The number of benzene rings is 1. The molecule has 1 aromatic carbocycles. The van der Waals surface area contributed by atoms with Crippen molar-refractivity contribution >= 4 is 27.3 Å². The zero-order chi connectivity index (χ0) is 16.3. The summed E-state index contributed by atoms with van der Waals surface area (Å²) in [6.45, 7) is 0.928. The van der Waals surface area contributed by atoms with Crippen LogP contribution in [-0.4, -0.2) is 43.8 Å². The second-order valence-corrected chi connectivity index (χ2v) is 8.39. The average Bonchev–Trinajstić information content (AvgIpc) is 2.47. The van der Waals surface area contributed by atoms with Crippen LogP contribution in [0.15, 0.2) is 18.2 Å². The van der Waals surface area contributed by atoms with Gasteiger partial charge in [-0.1, -0.05) is 17.7 Å². The fourth-order valence-electron chi connectivity index (χ4n) is 2.64. The Morgan fingerprint density at radius 3 is 2.55 bits per heavy atom. The summed E-state index contributed by atoms with van der Waals surface area (Å²) in [5.74, 6) is -0.511. The standard InChI is InChI=1S/C15H19ClFNO3S/c1-22(20,21)12-6-8-18(9-7-12)15(19)5-3-11-2-4-13(16)14(17)10-11/h2,4,10,12H,3,5-9H2,1H3. The molecule has 7 heteroatoms. The average molecular weight is 348 g/mol. The maximum absolute atomic E-state index is 13.3. The number of hydrogen-bond acceptors (Lipinski definition) is 3. The van der Waals surface area contributed by atoms with Crippen molar-refractivity contribution in [3.63, 3.8) is 0 Å². The van der Waals surface area contributed by atoms with Crippen LogP contribution < -0.4 is 0 Å². The Labute approximate surface area is 135 Å². The molecule has 1 aliphatic heterocycles. The Morgan fingerprint density at radius 2 is 2.00 bits per heavy atom. The molecule has 0 radical (unpaired) electrons. The molecule has 0 bridgehead atoms. The van der Waals surface area contributed by atoms with Crippen molar-refractivity contribution in [2.75, 3.05) is 19.3 Å². The first-order valence-corrected chi connectivity index (χ1v) is 9.51. The number of halogens is 2. The second kappa shape index (κ2) is 6.96. The molecule has 1 aromatic rings. The van der Waals surface area contributed by atoms with E-state index in [9.17, 15) is 17.6 Å². The van der Waals surface area contributed by atoms with Crippen molar-refractivity contribution in [3.05, 3.63) is 34.6 Å². The summed E-state index contributed by atoms with van der Waals surface area (Å²) in [6.07, 6.45) is 2.94. The van der Waals surface area contributed by atoms with E-state index in [1.165, 1.54) is 18.4 Å². The van der Waals surface area contributed by atoms with Gasteiger partial charge in [-0.15, -0.1) is 0 Å². The molecular weight excluding hydrogens is 329 g/mol. The van der Waals surface area contributed by atoms with Crippen molar-refractivity contribution in [2.45, 2.75) is 30.9 Å². The van der Waals surface area contributed by atoms with E-state index in [2.05, 4.69) is 0 Å². The fourth-order valence-corrected chi connectivity index (χ4v) is 3.82. The Hall–Kier alpha value is -1.14. The number of carbonyl (C=O) groups excluding carboxylic acids is 1. The quantitative estimate of drug-likeness (QED) is 0.840. The van der Waals surface area contributed by atoms with Gasteiger partial charge in [0.1, 0.15) is 15.7 Å². The predicted molar refractivity (Wildman–Crippen MR) is 84.2 cm³/mol. The monoisotopic (exact) mass is 347 g/mol. The molecular formula is C15H19ClFNO3S. The van der Waals surface area contributed by atoms with E-state index in [0.29, 0.717) is 32.4 Å². The van der Waals surface area contributed by atoms with Crippen LogP contribution in [0, 0.1) is 5.82 Å². The minimum atomic E-state index is -3.03. The van der Waals surface area contributed by atoms with E-state index >= 15 is 0 Å². The molecule has 1 fully saturated rings. The van der Waals surface area contributed by atoms with Crippen molar-refractivity contribution in [1.29, 1.82) is 0 Å². The molecule has 1 heterocycles. The van der Waals surface area contributed by atoms with E-state index in [1.807, 2.05) is 0 Å². The van der Waals surface area contributed by atoms with Crippen molar-refractivity contribution in [2.24, 2.45) is 0 Å². The van der Waals surface area contributed by atoms with Gasteiger partial charge < -0.3 is 4.90 Å². The number of nitrogens with zero attached hydrogens (tertiary/aromatic N) is 1. The topological polar surface area (TPSA) is 54.5 Å². The third kappa shape index (κ3) is 4.43. The molecule has 22 heavy (non-hydrogen) atoms. The van der Waals surface area contributed by atoms with E-state index in [4.69, 9.17) is 11.6 Å². The lowest BCUT2D eigenvalue weighted by Crippen LogP contribution is -2.42. The van der Waals surface area contributed by atoms with Crippen molar-refractivity contribution in [1.82, 2.24) is 4.90 Å². The van der Waals surface area contributed by atoms with Crippen LogP contribution in [0.4, 0.5) is 4.39 Å². The Bertz CT molecular complexity index is 655. The molecule has 1 aliphatic rings. The highest BCUT2D eigenvalue weighted by Gasteiger charge is 2.28. The molecule has 2 rings (SSSR count). The van der Waals surface area contributed by atoms with Crippen LogP contribution in [-0.2, 0) is 21.1 Å². The van der Waals surface area contributed by atoms with E-state index in [-0.39, 0.29) is 22.6 Å². The molecule has 0 aromatic heterocycles. The lowest BCUT2D eigenvalue weighted by Gasteiger charge is -2.31. The molecule has 0 atom stereocenters. The highest BCUT2D eigenvalue weighted by atomic mass is 35.5. The molecule has 122 valence electrons. The van der Waals surface area contributed by atoms with E-state index in [1.54, 1.807) is 11.0 Å². The van der Waals surface area contributed by atoms with Crippen LogP contribution >= 0.6 is 11.6 Å². The van der Waals surface area contributed by atoms with Gasteiger partial charge in [-0.05, 0) is 37.0 Å². The number of sulfone groups is 1. The smallest absolute Gasteiger partial charge is 0.222 e. The summed E-state index contributed by atoms with van der Waals surface area (Å²) >= 11 is 5.62. The lowest BCUT2D eigenvalue weighted by molar-refractivity contribution is -0.132. The van der Waals surface area contributed by atoms with Gasteiger partial charge in [-0.3, -0.25) is 4.79 Å². The zero-order valence-electron chi connectivity index (χ0n) is 12.4. The Morgan fingerprint density at radius 1 is 1.36 bits per heavy atom. The first kappa shape index (κ1) is 17.2. The van der Waals surface area contributed by atoms with Crippen LogP contribution in [0.25, 0.3) is 0 Å². The summed E-state index contributed by atoms with van der Waals surface area (Å²) < 4.78 is 36.3. The summed E-state index contributed by atoms with van der Waals surface area (Å²) in [5, 5.41) is -0.278. The third-order valence-electron chi connectivity index (χ3n) is 4.01. The van der Waals surface area contributed by atoms with Crippen LogP contribution in [0.1, 0.15) is 24.8 Å². The number of likely N-dealkylation sites (tertiary alicyclic amines) is 1. The predicted octanol–water partition coefficient (Wildman–Crippen LogP) is 2.45. The number of aryl methyl sites for hydroxylation is 1. The molecule has 0 saturated carbocycles. The fraction of sp³-hybridized carbons (Fsp3) is 0.533. The van der Waals surface area contributed by atoms with Gasteiger partial charge in [0.15, 0.2) is 0 Å². The summed E-state index contributed by atoms with van der Waals surface area (Å²) in [6, 6.07) is 4.52. The highest BCUT2D eigenvalue weighted by Crippen LogP contribution is 2.19. The maximum atomic E-state index is 13.3. The second-order valence-electron chi connectivity index (χ2n) is 5.66. The van der Waals surface area contributed by atoms with Gasteiger partial charge in [0, 0.05) is 25.8 Å². The number of amides is 1. The van der Waals surface area contributed by atoms with Crippen LogP contribution in [0.2, 0.25) is 5.02 Å². The summed E-state index contributed by atoms with van der Waals surface area (Å²) in [4.78, 5) is 13.8. The largest absolute Gasteiger partial charge is 0.343 e. The first-order chi connectivity index (χ1) is 10.3. The van der Waals surface area contributed by atoms with Crippen LogP contribution in [0.3, 0.4) is 0 Å². The lowest BCUT2D eigenvalue weighted by atomic mass is 10.1. The van der Waals surface area contributed by atoms with Gasteiger partial charge in [0.25, 0.3) is 0 Å². The molecule has 4 nitrogen and oxygen atoms in total. The Balaban J connectivity index is 1.85. The van der Waals surface area contributed by atoms with Gasteiger partial charge >= 0.3 is 0 Å². The minimum Gasteiger partial charge on any atom is -0.343 e. The van der Waals surface area contributed by atoms with E-state index in [0.717, 1.165) is 5.56 Å². The zero-order valence-corrected chi connectivity index (χ0v) is 14.0. The summed E-state index contributed by atoms with van der Waals surface area (Å²) in [5.41, 5.74) is 0.723. The third-order valence-corrected chi connectivity index (χ3v) is 6.00. The Kier molecular flexibility index (Phi) is 5.45. The first-order valence-electron chi connectivity index (χ1n) is 7.18. The molecule has 0 N–H and O–H groups in total. The summed E-state index contributed by atoms with van der Waals surface area (Å²) in [7, 11) is -3.03. The van der Waals surface area contributed by atoms with Gasteiger partial charge in [-0.25, -0.2) is 12.8 Å². The molecule has 0 unspecified atom stereocenters.